The molecule has 7 unspecified atom stereocenters. The van der Waals surface area contributed by atoms with Gasteiger partial charge in [-0.2, -0.15) is 13.6 Å². The third-order valence-electron chi connectivity index (χ3n) is 12.0. The fraction of sp³-hybridized carbons (Fsp3) is 0.559. The summed E-state index contributed by atoms with van der Waals surface area (Å²) in [5.41, 5.74) is 9.96. The van der Waals surface area contributed by atoms with Crippen LogP contribution in [0.15, 0.2) is 34.9 Å². The first-order valence-electron chi connectivity index (χ1n) is 22.0. The highest BCUT2D eigenvalue weighted by atomic mass is 31.3. The lowest BCUT2D eigenvalue weighted by molar-refractivity contribution is -0.745. The monoisotopic (exact) mass is 1170 g/mol. The van der Waals surface area contributed by atoms with Gasteiger partial charge in [0.25, 0.3) is 17.1 Å². The Balaban J connectivity index is 0.872. The van der Waals surface area contributed by atoms with Gasteiger partial charge < -0.3 is 75.4 Å². The molecule has 14 N–H and O–H groups in total. The van der Waals surface area contributed by atoms with Crippen molar-refractivity contribution >= 4 is 82.5 Å². The first kappa shape index (κ1) is 56.6. The number of aryl methyl sites for hydroxylation is 1. The minimum atomic E-state index is -6.18. The van der Waals surface area contributed by atoms with E-state index in [2.05, 4.69) is 53.8 Å². The van der Waals surface area contributed by atoms with E-state index < -0.39 is 136 Å². The first-order chi connectivity index (χ1) is 36.2. The second-order valence-corrected chi connectivity index (χ2v) is 22.9. The standard InChI is InChI=1S/C34H47N15O24P4/c1-37-24-15-25(39-8-38-24)47(9-40-15)32-23(64-4)22(71-74(55,56)65-5-12-18(50)19(51)30(68-12)48-10-41-16-26(48)42-33(35)44-28(16)53)14(70-32)7-67-76(59,60)73-77(61,62)72-75(57,58)66-6-13-21(63-3)20(52)31(69-13)49-11-46(2)17-27(49)43-34(36)45-29(17)54/h8-14,18-23,30-32,50-52H,5-7H2,1-4H3,(H10-,35,36,37,38,39,42,43,44,45,53,54,55,56,57,58,59,60,61,62)/p+1/t12-,13-,14-,18+,19?,20?,21+,22+,23?,30-,31-,32-/m1/s1. The molecule has 6 aromatic rings. The molecule has 3 aliphatic rings. The van der Waals surface area contributed by atoms with Gasteiger partial charge in [-0.1, -0.05) is 4.98 Å². The summed E-state index contributed by atoms with van der Waals surface area (Å²) in [7, 11) is -18.1. The fourth-order valence-electron chi connectivity index (χ4n) is 8.73. The van der Waals surface area contributed by atoms with E-state index >= 15 is 0 Å². The Labute approximate surface area is 428 Å². The quantitative estimate of drug-likeness (QED) is 0.0245. The summed E-state index contributed by atoms with van der Waals surface area (Å²) in [4.78, 5) is 96.7. The van der Waals surface area contributed by atoms with Gasteiger partial charge in [-0.25, -0.2) is 42.8 Å². The van der Waals surface area contributed by atoms with Crippen LogP contribution in [0.4, 0.5) is 17.7 Å². The van der Waals surface area contributed by atoms with Gasteiger partial charge in [0.1, 0.15) is 66.8 Å². The molecule has 39 nitrogen and oxygen atoms in total. The second-order valence-electron chi connectivity index (χ2n) is 16.9. The molecular weight excluding hydrogens is 1130 g/mol. The largest absolute Gasteiger partial charge is 0.490 e. The van der Waals surface area contributed by atoms with E-state index in [9.17, 15) is 62.7 Å². The number of aliphatic hydroxyl groups is 3. The summed E-state index contributed by atoms with van der Waals surface area (Å²) < 4.78 is 116. The molecule has 0 spiro atoms. The number of ether oxygens (including phenoxy) is 5. The maximum atomic E-state index is 13.7. The molecule has 422 valence electrons. The number of aromatic amines is 2. The average molecular weight is 1170 g/mol. The molecule has 43 heteroatoms. The van der Waals surface area contributed by atoms with Crippen LogP contribution in [0.5, 0.6) is 0 Å². The molecule has 9 heterocycles. The molecule has 0 saturated carbocycles. The molecule has 9 rings (SSSR count). The Bertz CT molecular complexity index is 3510. The van der Waals surface area contributed by atoms with E-state index in [-0.39, 0.29) is 51.2 Å². The van der Waals surface area contributed by atoms with Crippen molar-refractivity contribution < 1.29 is 108 Å². The number of H-pyrrole nitrogens is 2. The highest BCUT2D eigenvalue weighted by molar-refractivity contribution is 7.66. The van der Waals surface area contributed by atoms with Crippen LogP contribution in [-0.2, 0) is 75.7 Å². The summed E-state index contributed by atoms with van der Waals surface area (Å²) >= 11 is 0. The molecule has 0 bridgehead atoms. The van der Waals surface area contributed by atoms with Gasteiger partial charge in [-0.05, 0) is 0 Å². The molecule has 0 amide bonds. The number of rotatable bonds is 21. The van der Waals surface area contributed by atoms with Crippen LogP contribution in [0, 0.1) is 0 Å². The number of anilines is 3. The molecule has 0 aliphatic carbocycles. The van der Waals surface area contributed by atoms with Crippen LogP contribution in [0.1, 0.15) is 18.7 Å². The molecule has 0 aromatic carbocycles. The van der Waals surface area contributed by atoms with Gasteiger partial charge in [-0.15, -0.1) is 0 Å². The van der Waals surface area contributed by atoms with Crippen molar-refractivity contribution in [3.63, 3.8) is 0 Å². The van der Waals surface area contributed by atoms with Crippen LogP contribution in [0.25, 0.3) is 33.5 Å². The van der Waals surface area contributed by atoms with Gasteiger partial charge >= 0.3 is 36.9 Å². The molecule has 0 radical (unpaired) electrons. The molecule has 3 saturated heterocycles. The Morgan fingerprint density at radius 3 is 1.91 bits per heavy atom. The highest BCUT2D eigenvalue weighted by Crippen LogP contribution is 2.68. The molecule has 16 atom stereocenters. The average Bonchev–Trinajstić information content (AvgIpc) is 4.21. The zero-order valence-electron chi connectivity index (χ0n) is 39.8. The Morgan fingerprint density at radius 1 is 0.688 bits per heavy atom. The Morgan fingerprint density at radius 2 is 1.26 bits per heavy atom. The van der Waals surface area contributed by atoms with Crippen molar-refractivity contribution in [2.75, 3.05) is 57.9 Å². The predicted molar refractivity (Wildman–Crippen MR) is 249 cm³/mol. The third kappa shape index (κ3) is 11.4. The van der Waals surface area contributed by atoms with Crippen molar-refractivity contribution in [1.29, 1.82) is 0 Å². The van der Waals surface area contributed by atoms with Crippen LogP contribution in [0.3, 0.4) is 0 Å². The maximum absolute atomic E-state index is 13.7. The fourth-order valence-corrected chi connectivity index (χ4v) is 13.2. The topological polar surface area (TPSA) is 537 Å². The first-order valence-corrected chi connectivity index (χ1v) is 28.0. The summed E-state index contributed by atoms with van der Waals surface area (Å²) in [5.74, 6) is -0.328. The lowest BCUT2D eigenvalue weighted by Crippen LogP contribution is -2.46. The number of phosphoric acid groups is 4. The molecule has 77 heavy (non-hydrogen) atoms. The van der Waals surface area contributed by atoms with Crippen molar-refractivity contribution in [3.05, 3.63) is 46.0 Å². The Kier molecular flexibility index (Phi) is 15.8. The number of hydrogen-bond donors (Lipinski definition) is 12. The highest BCUT2D eigenvalue weighted by Gasteiger charge is 2.54. The number of nitrogens with one attached hydrogen (secondary N) is 3. The van der Waals surface area contributed by atoms with E-state index in [1.165, 1.54) is 33.4 Å². The smallest absolute Gasteiger partial charge is 0.387 e. The molecule has 3 aliphatic heterocycles. The van der Waals surface area contributed by atoms with Gasteiger partial charge in [0, 0.05) is 21.3 Å². The normalized spacial score (nSPS) is 30.0. The molecule has 3 fully saturated rings. The summed E-state index contributed by atoms with van der Waals surface area (Å²) in [6.45, 7) is -3.22. The van der Waals surface area contributed by atoms with Crippen LogP contribution in [-0.4, -0.2) is 184 Å². The molecular formula is C34H48N15O24P4+. The number of aliphatic hydroxyl groups excluding tert-OH is 3. The zero-order chi connectivity index (χ0) is 55.7. The number of aromatic nitrogens is 12. The summed E-state index contributed by atoms with van der Waals surface area (Å²) in [6, 6.07) is 0. The number of nitrogens with two attached hydrogens (primary N) is 2. The minimum Gasteiger partial charge on any atom is -0.387 e. The van der Waals surface area contributed by atoms with Gasteiger partial charge in [0.15, 0.2) is 41.4 Å². The van der Waals surface area contributed by atoms with Gasteiger partial charge in [-0.3, -0.25) is 51.4 Å². The number of imidazole rings is 3. The summed E-state index contributed by atoms with van der Waals surface area (Å²) in [6.07, 6.45) is -14.2. The number of methoxy groups -OCH3 is 2. The van der Waals surface area contributed by atoms with E-state index in [4.69, 9.17) is 53.2 Å². The summed E-state index contributed by atoms with van der Waals surface area (Å²) in [5, 5.41) is 35.7. The predicted octanol–water partition coefficient (Wildman–Crippen LogP) is -3.60. The number of nitrogens with zero attached hydrogens (tertiary/aromatic N) is 10. The maximum Gasteiger partial charge on any atom is 0.490 e. The van der Waals surface area contributed by atoms with Gasteiger partial charge in [0.05, 0.1) is 39.5 Å². The number of phosphoric ester groups is 3. The molecule has 6 aromatic heterocycles. The van der Waals surface area contributed by atoms with E-state index in [0.717, 1.165) is 31.4 Å². The number of nitrogen functional groups attached to an aromatic ring is 2. The lowest BCUT2D eigenvalue weighted by Gasteiger charge is -2.26. The number of fused-ring (bicyclic) bond motifs is 3. The van der Waals surface area contributed by atoms with Crippen molar-refractivity contribution in [2.24, 2.45) is 7.05 Å². The van der Waals surface area contributed by atoms with Crippen molar-refractivity contribution in [2.45, 2.75) is 73.6 Å². The lowest BCUT2D eigenvalue weighted by atomic mass is 10.1. The van der Waals surface area contributed by atoms with E-state index in [0.29, 0.717) is 0 Å². The Hall–Kier alpha value is -5.15. The van der Waals surface area contributed by atoms with Crippen molar-refractivity contribution in [1.82, 2.24) is 53.6 Å². The SMILES string of the molecule is CNc1ncnc2c1ncn2[C@@H]1O[C@H](COP(=O)(O)OP(=O)(O)OP(=O)(O)OC[C@H]2O[C@@H]([n+]3cn(C)c4c(=O)[nH]c(N)nc43)C(O)[C@H]2OC)[C@H](OP(=O)(O)OC[C@H]2O[C@@H](n3cnc4c(=O)[nH]c(N)nc43)C(O)[C@H]2O)C1OC. The third-order valence-corrected chi connectivity index (χ3v) is 17.2. The minimum absolute atomic E-state index is 0.0239. The van der Waals surface area contributed by atoms with Crippen LogP contribution in [0.2, 0.25) is 0 Å². The van der Waals surface area contributed by atoms with E-state index in [1.54, 1.807) is 7.05 Å². The number of hydrogen-bond acceptors (Lipinski definition) is 29. The van der Waals surface area contributed by atoms with Crippen LogP contribution < -0.4 is 32.5 Å². The van der Waals surface area contributed by atoms with E-state index in [1.807, 2.05) is 0 Å². The van der Waals surface area contributed by atoms with Crippen molar-refractivity contribution in [3.8, 4) is 0 Å². The van der Waals surface area contributed by atoms with Gasteiger partial charge in [0.2, 0.25) is 17.7 Å². The van der Waals surface area contributed by atoms with Crippen LogP contribution >= 0.6 is 31.3 Å². The zero-order valence-corrected chi connectivity index (χ0v) is 43.4. The second kappa shape index (κ2) is 21.5.